The number of hydrogen-bond acceptors (Lipinski definition) is 4. The van der Waals surface area contributed by atoms with E-state index in [4.69, 9.17) is 22.7 Å². The average molecular weight is 299 g/mol. The Labute approximate surface area is 126 Å². The van der Waals surface area contributed by atoms with E-state index in [1.54, 1.807) is 0 Å². The van der Waals surface area contributed by atoms with Gasteiger partial charge in [0.25, 0.3) is 5.91 Å². The van der Waals surface area contributed by atoms with Crippen LogP contribution in [0.4, 0.5) is 0 Å². The molecule has 2 aliphatic heterocycles. The number of hydrogen-bond donors (Lipinski definition) is 1. The van der Waals surface area contributed by atoms with Crippen LogP contribution in [0.5, 0.6) is 0 Å². The zero-order chi connectivity index (χ0) is 14.5. The minimum Gasteiger partial charge on any atom is -0.392 e. The normalized spacial score (nSPS) is 26.2. The zero-order valence-electron chi connectivity index (χ0n) is 12.2. The van der Waals surface area contributed by atoms with E-state index in [2.05, 4.69) is 11.8 Å². The van der Waals surface area contributed by atoms with E-state index < -0.39 is 0 Å². The Balaban J connectivity index is 1.84. The largest absolute Gasteiger partial charge is 0.392 e. The second kappa shape index (κ2) is 7.33. The van der Waals surface area contributed by atoms with Crippen molar-refractivity contribution in [1.29, 1.82) is 0 Å². The monoisotopic (exact) mass is 299 g/mol. The number of carbonyl (C=O) groups is 1. The highest BCUT2D eigenvalue weighted by atomic mass is 32.1. The van der Waals surface area contributed by atoms with Crippen molar-refractivity contribution >= 4 is 23.1 Å². The Kier molecular flexibility index (Phi) is 5.74. The lowest BCUT2D eigenvalue weighted by Gasteiger charge is -2.40. The summed E-state index contributed by atoms with van der Waals surface area (Å²) >= 11 is 5.12. The van der Waals surface area contributed by atoms with Gasteiger partial charge in [-0.2, -0.15) is 0 Å². The first-order chi connectivity index (χ1) is 9.63. The van der Waals surface area contributed by atoms with Gasteiger partial charge in [0, 0.05) is 32.8 Å². The lowest BCUT2D eigenvalue weighted by molar-refractivity contribution is -0.148. The van der Waals surface area contributed by atoms with Gasteiger partial charge in [0.15, 0.2) is 0 Å². The molecule has 2 unspecified atom stereocenters. The molecule has 0 aromatic rings. The van der Waals surface area contributed by atoms with Crippen LogP contribution in [-0.2, 0) is 9.53 Å². The maximum atomic E-state index is 12.4. The smallest absolute Gasteiger partial charge is 0.251 e. The fourth-order valence-electron chi connectivity index (χ4n) is 3.03. The minimum atomic E-state index is -0.215. The molecule has 2 rings (SSSR count). The van der Waals surface area contributed by atoms with Crippen LogP contribution in [0, 0.1) is 0 Å². The summed E-state index contributed by atoms with van der Waals surface area (Å²) in [6.45, 7) is 5.99. The Bertz CT molecular complexity index is 350. The van der Waals surface area contributed by atoms with Crippen molar-refractivity contribution in [2.45, 2.75) is 44.8 Å². The van der Waals surface area contributed by atoms with E-state index in [0.717, 1.165) is 58.5 Å². The molecule has 0 aromatic carbocycles. The van der Waals surface area contributed by atoms with E-state index in [1.165, 1.54) is 0 Å². The van der Waals surface area contributed by atoms with Crippen LogP contribution >= 0.6 is 12.2 Å². The third-order valence-corrected chi connectivity index (χ3v) is 4.51. The molecule has 2 N–H and O–H groups in total. The predicted molar refractivity (Wildman–Crippen MR) is 82.6 cm³/mol. The molecule has 114 valence electrons. The van der Waals surface area contributed by atoms with Crippen molar-refractivity contribution in [2.24, 2.45) is 5.73 Å². The predicted octanol–water partition coefficient (Wildman–Crippen LogP) is 0.764. The number of thiocarbonyl (C=S) groups is 1. The van der Waals surface area contributed by atoms with Gasteiger partial charge in [-0.05, 0) is 25.7 Å². The molecule has 20 heavy (non-hydrogen) atoms. The molecule has 5 nitrogen and oxygen atoms in total. The molecule has 1 amide bonds. The first-order valence-electron chi connectivity index (χ1n) is 7.57. The number of amides is 1. The molecule has 2 fully saturated rings. The highest BCUT2D eigenvalue weighted by Crippen LogP contribution is 2.17. The van der Waals surface area contributed by atoms with Crippen LogP contribution in [0.25, 0.3) is 0 Å². The van der Waals surface area contributed by atoms with Gasteiger partial charge < -0.3 is 15.4 Å². The van der Waals surface area contributed by atoms with E-state index in [1.807, 2.05) is 4.90 Å². The number of nitrogens with zero attached hydrogens (tertiary/aromatic N) is 2. The summed E-state index contributed by atoms with van der Waals surface area (Å²) in [5.41, 5.74) is 5.78. The van der Waals surface area contributed by atoms with Crippen LogP contribution in [0.3, 0.4) is 0 Å². The van der Waals surface area contributed by atoms with Crippen molar-refractivity contribution in [2.75, 3.05) is 32.8 Å². The molecule has 0 aliphatic carbocycles. The molecule has 0 radical (unpaired) electrons. The summed E-state index contributed by atoms with van der Waals surface area (Å²) in [5, 5.41) is 0. The quantitative estimate of drug-likeness (QED) is 0.777. The SMILES string of the molecule is CCC(C(N)=S)N1CCN(C(=O)C2CCCCO2)CC1. The van der Waals surface area contributed by atoms with Crippen molar-refractivity contribution in [3.63, 3.8) is 0 Å². The summed E-state index contributed by atoms with van der Waals surface area (Å²) in [4.78, 5) is 17.1. The summed E-state index contributed by atoms with van der Waals surface area (Å²) < 4.78 is 5.58. The van der Waals surface area contributed by atoms with Crippen LogP contribution in [0.2, 0.25) is 0 Å². The number of ether oxygens (including phenoxy) is 1. The number of piperazine rings is 1. The highest BCUT2D eigenvalue weighted by Gasteiger charge is 2.31. The molecule has 2 aliphatic rings. The summed E-state index contributed by atoms with van der Waals surface area (Å²) in [6.07, 6.45) is 3.74. The van der Waals surface area contributed by atoms with Gasteiger partial charge in [0.05, 0.1) is 11.0 Å². The number of rotatable bonds is 4. The molecule has 2 heterocycles. The fraction of sp³-hybridized carbons (Fsp3) is 0.857. The third kappa shape index (κ3) is 3.68. The van der Waals surface area contributed by atoms with Crippen LogP contribution < -0.4 is 5.73 Å². The summed E-state index contributed by atoms with van der Waals surface area (Å²) in [5.74, 6) is 0.160. The Morgan fingerprint density at radius 2 is 2.05 bits per heavy atom. The molecule has 2 atom stereocenters. The van der Waals surface area contributed by atoms with Gasteiger partial charge in [-0.1, -0.05) is 19.1 Å². The third-order valence-electron chi connectivity index (χ3n) is 4.24. The summed E-state index contributed by atoms with van der Waals surface area (Å²) in [7, 11) is 0. The Morgan fingerprint density at radius 3 is 2.55 bits per heavy atom. The second-order valence-electron chi connectivity index (χ2n) is 5.54. The molecule has 0 saturated carbocycles. The Hall–Kier alpha value is -0.720. The molecular formula is C14H25N3O2S. The molecule has 0 spiro atoms. The lowest BCUT2D eigenvalue weighted by Crippen LogP contribution is -2.56. The van der Waals surface area contributed by atoms with E-state index in [-0.39, 0.29) is 18.1 Å². The lowest BCUT2D eigenvalue weighted by atomic mass is 10.1. The van der Waals surface area contributed by atoms with Gasteiger partial charge in [0.1, 0.15) is 6.10 Å². The van der Waals surface area contributed by atoms with Crippen LogP contribution in [0.1, 0.15) is 32.6 Å². The van der Waals surface area contributed by atoms with Crippen molar-refractivity contribution in [3.8, 4) is 0 Å². The van der Waals surface area contributed by atoms with Crippen LogP contribution in [0.15, 0.2) is 0 Å². The average Bonchev–Trinajstić information content (AvgIpc) is 2.48. The molecule has 6 heteroatoms. The van der Waals surface area contributed by atoms with Crippen LogP contribution in [-0.4, -0.2) is 65.6 Å². The van der Waals surface area contributed by atoms with E-state index >= 15 is 0 Å². The van der Waals surface area contributed by atoms with Crippen molar-refractivity contribution in [3.05, 3.63) is 0 Å². The second-order valence-corrected chi connectivity index (χ2v) is 6.01. The van der Waals surface area contributed by atoms with Crippen molar-refractivity contribution < 1.29 is 9.53 Å². The highest BCUT2D eigenvalue weighted by molar-refractivity contribution is 7.80. The zero-order valence-corrected chi connectivity index (χ0v) is 13.0. The molecule has 0 aromatic heterocycles. The van der Waals surface area contributed by atoms with Gasteiger partial charge in [-0.25, -0.2) is 0 Å². The van der Waals surface area contributed by atoms with Crippen molar-refractivity contribution in [1.82, 2.24) is 9.80 Å². The first-order valence-corrected chi connectivity index (χ1v) is 7.98. The first kappa shape index (κ1) is 15.7. The number of carbonyl (C=O) groups excluding carboxylic acids is 1. The molecular weight excluding hydrogens is 274 g/mol. The van der Waals surface area contributed by atoms with Gasteiger partial charge in [0.2, 0.25) is 0 Å². The van der Waals surface area contributed by atoms with Gasteiger partial charge >= 0.3 is 0 Å². The molecule has 0 bridgehead atoms. The maximum Gasteiger partial charge on any atom is 0.251 e. The summed E-state index contributed by atoms with van der Waals surface area (Å²) in [6, 6.07) is 0.160. The van der Waals surface area contributed by atoms with Gasteiger partial charge in [-0.15, -0.1) is 0 Å². The standard InChI is InChI=1S/C14H25N3O2S/c1-2-11(13(15)20)16-6-8-17(9-7-16)14(18)12-5-3-4-10-19-12/h11-12H,2-10H2,1H3,(H2,15,20). The van der Waals surface area contributed by atoms with Gasteiger partial charge in [-0.3, -0.25) is 9.69 Å². The fourth-order valence-corrected chi connectivity index (χ4v) is 3.35. The Morgan fingerprint density at radius 1 is 1.35 bits per heavy atom. The minimum absolute atomic E-state index is 0.160. The maximum absolute atomic E-state index is 12.4. The number of nitrogens with two attached hydrogens (primary N) is 1. The molecule has 2 saturated heterocycles. The van der Waals surface area contributed by atoms with E-state index in [9.17, 15) is 4.79 Å². The topological polar surface area (TPSA) is 58.8 Å². The van der Waals surface area contributed by atoms with E-state index in [0.29, 0.717) is 4.99 Å².